The maximum absolute atomic E-state index is 5.82. The van der Waals surface area contributed by atoms with Crippen LogP contribution in [0.2, 0.25) is 10.0 Å². The van der Waals surface area contributed by atoms with E-state index in [2.05, 4.69) is 0 Å². The first-order chi connectivity index (χ1) is 6.72. The van der Waals surface area contributed by atoms with Crippen LogP contribution < -0.4 is 0 Å². The largest absolute Gasteiger partial charge is 0.374 e. The van der Waals surface area contributed by atoms with E-state index in [0.29, 0.717) is 29.9 Å². The molecule has 78 valence electrons. The minimum atomic E-state index is 0.500. The van der Waals surface area contributed by atoms with E-state index in [1.807, 2.05) is 35.1 Å². The average molecular weight is 347 g/mol. The van der Waals surface area contributed by atoms with Gasteiger partial charge in [0.1, 0.15) is 23.0 Å². The Morgan fingerprint density at radius 1 is 1.07 bits per heavy atom. The highest BCUT2D eigenvalue weighted by atomic mass is 127. The predicted octanol–water partition coefficient (Wildman–Crippen LogP) is 3.88. The fourth-order valence-corrected chi connectivity index (χ4v) is 1.73. The third-order valence-electron chi connectivity index (χ3n) is 1.50. The first-order valence-electron chi connectivity index (χ1n) is 3.98. The Morgan fingerprint density at radius 2 is 1.71 bits per heavy atom. The standard InChI is InChI=1S/C9H9Cl2IO2/c10-8-3-7(4-9(11)5-8)6-13-1-2-14-12/h3-5H,1-2,6H2. The smallest absolute Gasteiger partial charge is 0.109 e. The summed E-state index contributed by atoms with van der Waals surface area (Å²) in [5.74, 6) is 0. The van der Waals surface area contributed by atoms with Crippen LogP contribution in [0.1, 0.15) is 5.56 Å². The molecular formula is C9H9Cl2IO2. The van der Waals surface area contributed by atoms with E-state index in [0.717, 1.165) is 5.56 Å². The summed E-state index contributed by atoms with van der Waals surface area (Å²) >= 11 is 13.5. The Balaban J connectivity index is 2.42. The van der Waals surface area contributed by atoms with Gasteiger partial charge in [-0.25, -0.2) is 0 Å². The van der Waals surface area contributed by atoms with Crippen molar-refractivity contribution in [3.05, 3.63) is 33.8 Å². The minimum Gasteiger partial charge on any atom is -0.374 e. The second kappa shape index (κ2) is 6.85. The molecule has 1 aromatic rings. The van der Waals surface area contributed by atoms with Crippen LogP contribution in [0, 0.1) is 0 Å². The average Bonchev–Trinajstić information content (AvgIpc) is 2.11. The molecule has 0 saturated carbocycles. The first kappa shape index (κ1) is 12.5. The van der Waals surface area contributed by atoms with E-state index in [1.165, 1.54) is 0 Å². The summed E-state index contributed by atoms with van der Waals surface area (Å²) in [4.78, 5) is 0. The summed E-state index contributed by atoms with van der Waals surface area (Å²) in [5.41, 5.74) is 0.968. The molecule has 0 radical (unpaired) electrons. The summed E-state index contributed by atoms with van der Waals surface area (Å²) in [6, 6.07) is 5.36. The monoisotopic (exact) mass is 346 g/mol. The maximum atomic E-state index is 5.82. The van der Waals surface area contributed by atoms with Gasteiger partial charge in [-0.15, -0.1) is 0 Å². The van der Waals surface area contributed by atoms with Crippen molar-refractivity contribution in [2.45, 2.75) is 6.61 Å². The van der Waals surface area contributed by atoms with Crippen LogP contribution in [-0.2, 0) is 14.4 Å². The SMILES string of the molecule is Clc1cc(Cl)cc(COCCOI)c1. The molecule has 5 heteroatoms. The highest BCUT2D eigenvalue weighted by Gasteiger charge is 1.98. The molecule has 0 N–H and O–H groups in total. The van der Waals surface area contributed by atoms with Gasteiger partial charge in [0.15, 0.2) is 0 Å². The molecule has 0 aliphatic rings. The van der Waals surface area contributed by atoms with Crippen molar-refractivity contribution in [3.63, 3.8) is 0 Å². The Kier molecular flexibility index (Phi) is 6.12. The number of halogens is 3. The van der Waals surface area contributed by atoms with Gasteiger partial charge in [0.25, 0.3) is 0 Å². The molecule has 1 aromatic carbocycles. The molecule has 0 aromatic heterocycles. The minimum absolute atomic E-state index is 0.500. The van der Waals surface area contributed by atoms with Crippen molar-refractivity contribution in [1.29, 1.82) is 0 Å². The summed E-state index contributed by atoms with van der Waals surface area (Å²) < 4.78 is 10.1. The summed E-state index contributed by atoms with van der Waals surface area (Å²) in [6.45, 7) is 1.64. The van der Waals surface area contributed by atoms with Crippen LogP contribution >= 0.6 is 46.2 Å². The molecule has 0 aliphatic carbocycles. The van der Waals surface area contributed by atoms with E-state index in [4.69, 9.17) is 31.0 Å². The number of rotatable bonds is 5. The fourth-order valence-electron chi connectivity index (χ4n) is 0.975. The lowest BCUT2D eigenvalue weighted by atomic mass is 10.2. The van der Waals surface area contributed by atoms with Crippen LogP contribution in [0.5, 0.6) is 0 Å². The summed E-state index contributed by atoms with van der Waals surface area (Å²) in [6.07, 6.45) is 0. The molecule has 2 nitrogen and oxygen atoms in total. The maximum Gasteiger partial charge on any atom is 0.109 e. The van der Waals surface area contributed by atoms with E-state index in [1.54, 1.807) is 6.07 Å². The molecule has 0 heterocycles. The second-order valence-corrected chi connectivity index (χ2v) is 4.14. The van der Waals surface area contributed by atoms with Gasteiger partial charge < -0.3 is 7.80 Å². The van der Waals surface area contributed by atoms with Crippen molar-refractivity contribution >= 4 is 46.2 Å². The van der Waals surface area contributed by atoms with Gasteiger partial charge in [0, 0.05) is 10.0 Å². The lowest BCUT2D eigenvalue weighted by Crippen LogP contribution is -1.99. The molecule has 0 unspecified atom stereocenters. The van der Waals surface area contributed by atoms with Gasteiger partial charge in [0.2, 0.25) is 0 Å². The van der Waals surface area contributed by atoms with Crippen LogP contribution in [0.3, 0.4) is 0 Å². The van der Waals surface area contributed by atoms with Crippen LogP contribution in [-0.4, -0.2) is 13.2 Å². The summed E-state index contributed by atoms with van der Waals surface area (Å²) in [5, 5.41) is 1.25. The number of ether oxygens (including phenoxy) is 1. The third kappa shape index (κ3) is 4.79. The molecule has 0 atom stereocenters. The number of hydrogen-bond acceptors (Lipinski definition) is 2. The molecule has 0 amide bonds. The zero-order valence-electron chi connectivity index (χ0n) is 7.30. The normalized spacial score (nSPS) is 10.5. The van der Waals surface area contributed by atoms with Crippen LogP contribution in [0.4, 0.5) is 0 Å². The zero-order chi connectivity index (χ0) is 10.4. The topological polar surface area (TPSA) is 18.5 Å². The Bertz CT molecular complexity index is 274. The van der Waals surface area contributed by atoms with Gasteiger partial charge in [-0.2, -0.15) is 0 Å². The highest BCUT2D eigenvalue weighted by Crippen LogP contribution is 2.19. The lowest BCUT2D eigenvalue weighted by molar-refractivity contribution is 0.101. The Morgan fingerprint density at radius 3 is 2.29 bits per heavy atom. The van der Waals surface area contributed by atoms with Gasteiger partial charge >= 0.3 is 0 Å². The molecule has 0 bridgehead atoms. The fraction of sp³-hybridized carbons (Fsp3) is 0.333. The van der Waals surface area contributed by atoms with E-state index >= 15 is 0 Å². The third-order valence-corrected chi connectivity index (χ3v) is 2.37. The highest BCUT2D eigenvalue weighted by molar-refractivity contribution is 14.1. The summed E-state index contributed by atoms with van der Waals surface area (Å²) in [7, 11) is 0. The molecule has 0 fully saturated rings. The van der Waals surface area contributed by atoms with Crippen LogP contribution in [0.25, 0.3) is 0 Å². The molecule has 14 heavy (non-hydrogen) atoms. The molecule has 1 rings (SSSR count). The van der Waals surface area contributed by atoms with Crippen molar-refractivity contribution < 1.29 is 7.80 Å². The molecular weight excluding hydrogens is 338 g/mol. The number of benzene rings is 1. The lowest BCUT2D eigenvalue weighted by Gasteiger charge is -2.04. The first-order valence-corrected chi connectivity index (χ1v) is 5.62. The molecule has 0 aliphatic heterocycles. The van der Waals surface area contributed by atoms with Gasteiger partial charge in [0.05, 0.1) is 19.8 Å². The van der Waals surface area contributed by atoms with E-state index in [-0.39, 0.29) is 0 Å². The van der Waals surface area contributed by atoms with Crippen molar-refractivity contribution in [2.24, 2.45) is 0 Å². The second-order valence-electron chi connectivity index (χ2n) is 2.64. The number of hydrogen-bond donors (Lipinski definition) is 0. The van der Waals surface area contributed by atoms with E-state index < -0.39 is 0 Å². The van der Waals surface area contributed by atoms with Crippen molar-refractivity contribution in [2.75, 3.05) is 13.2 Å². The molecule has 0 saturated heterocycles. The van der Waals surface area contributed by atoms with Crippen molar-refractivity contribution in [1.82, 2.24) is 0 Å². The van der Waals surface area contributed by atoms with Gasteiger partial charge in [-0.1, -0.05) is 23.2 Å². The van der Waals surface area contributed by atoms with E-state index in [9.17, 15) is 0 Å². The van der Waals surface area contributed by atoms with Gasteiger partial charge in [-0.05, 0) is 23.8 Å². The van der Waals surface area contributed by atoms with Gasteiger partial charge in [-0.3, -0.25) is 0 Å². The molecule has 0 spiro atoms. The Labute approximate surface area is 107 Å². The predicted molar refractivity (Wildman–Crippen MR) is 66.1 cm³/mol. The van der Waals surface area contributed by atoms with Crippen molar-refractivity contribution in [3.8, 4) is 0 Å². The quantitative estimate of drug-likeness (QED) is 0.595. The Hall–Kier alpha value is 0.450. The zero-order valence-corrected chi connectivity index (χ0v) is 11.0. The van der Waals surface area contributed by atoms with Crippen LogP contribution in [0.15, 0.2) is 18.2 Å².